The standard InChI is InChI=1S/C15H10ClNO4/c1-20-11-3-5-14(12(7-11)15(18)19)21-13-4-2-10(16)6-9(13)8-17/h2-7H,1H3,(H,18,19). The molecular formula is C15H10ClNO4. The highest BCUT2D eigenvalue weighted by molar-refractivity contribution is 6.30. The number of hydrogen-bond donors (Lipinski definition) is 1. The minimum absolute atomic E-state index is 0.0619. The number of nitrogens with zero attached hydrogens (tertiary/aromatic N) is 1. The number of aromatic carboxylic acids is 1. The number of rotatable bonds is 4. The Bertz CT molecular complexity index is 737. The highest BCUT2D eigenvalue weighted by Gasteiger charge is 2.15. The zero-order chi connectivity index (χ0) is 15.4. The first-order chi connectivity index (χ1) is 10.0. The Morgan fingerprint density at radius 1 is 1.24 bits per heavy atom. The first kappa shape index (κ1) is 14.7. The summed E-state index contributed by atoms with van der Waals surface area (Å²) in [5.41, 5.74) is 0.155. The smallest absolute Gasteiger partial charge is 0.339 e. The number of carboxylic acid groups (broad SMARTS) is 1. The second kappa shape index (κ2) is 6.16. The third kappa shape index (κ3) is 3.25. The van der Waals surface area contributed by atoms with Gasteiger partial charge in [-0.05, 0) is 36.4 Å². The molecule has 6 heteroatoms. The van der Waals surface area contributed by atoms with E-state index in [4.69, 9.17) is 26.3 Å². The topological polar surface area (TPSA) is 79.5 Å². The maximum Gasteiger partial charge on any atom is 0.339 e. The van der Waals surface area contributed by atoms with Crippen LogP contribution in [0.2, 0.25) is 5.02 Å². The molecule has 0 aliphatic carbocycles. The van der Waals surface area contributed by atoms with Gasteiger partial charge in [0.25, 0.3) is 0 Å². The van der Waals surface area contributed by atoms with Crippen molar-refractivity contribution in [2.24, 2.45) is 0 Å². The van der Waals surface area contributed by atoms with Crippen LogP contribution in [0.15, 0.2) is 36.4 Å². The van der Waals surface area contributed by atoms with E-state index in [-0.39, 0.29) is 22.6 Å². The van der Waals surface area contributed by atoms with Crippen molar-refractivity contribution in [1.82, 2.24) is 0 Å². The number of ether oxygens (including phenoxy) is 2. The number of methoxy groups -OCH3 is 1. The van der Waals surface area contributed by atoms with Crippen molar-refractivity contribution < 1.29 is 19.4 Å². The van der Waals surface area contributed by atoms with Crippen LogP contribution in [-0.4, -0.2) is 18.2 Å². The fraction of sp³-hybridized carbons (Fsp3) is 0.0667. The summed E-state index contributed by atoms with van der Waals surface area (Å²) < 4.78 is 10.5. The summed E-state index contributed by atoms with van der Waals surface area (Å²) in [4.78, 5) is 11.3. The van der Waals surface area contributed by atoms with E-state index in [0.717, 1.165) is 0 Å². The van der Waals surface area contributed by atoms with Crippen LogP contribution in [0.5, 0.6) is 17.2 Å². The lowest BCUT2D eigenvalue weighted by Gasteiger charge is -2.11. The second-order valence-electron chi connectivity index (χ2n) is 4.02. The lowest BCUT2D eigenvalue weighted by atomic mass is 10.1. The second-order valence-corrected chi connectivity index (χ2v) is 4.46. The van der Waals surface area contributed by atoms with E-state index in [0.29, 0.717) is 10.8 Å². The van der Waals surface area contributed by atoms with Gasteiger partial charge in [-0.2, -0.15) is 5.26 Å². The largest absolute Gasteiger partial charge is 0.497 e. The Kier molecular flexibility index (Phi) is 4.31. The van der Waals surface area contributed by atoms with Gasteiger partial charge in [-0.3, -0.25) is 0 Å². The van der Waals surface area contributed by atoms with Gasteiger partial charge in [-0.25, -0.2) is 4.79 Å². The van der Waals surface area contributed by atoms with Crippen molar-refractivity contribution in [3.8, 4) is 23.3 Å². The molecule has 0 saturated carbocycles. The van der Waals surface area contributed by atoms with Gasteiger partial charge in [0.15, 0.2) is 0 Å². The third-order valence-electron chi connectivity index (χ3n) is 2.70. The number of nitriles is 1. The van der Waals surface area contributed by atoms with E-state index in [1.165, 1.54) is 31.4 Å². The normalized spacial score (nSPS) is 9.76. The molecule has 0 aromatic heterocycles. The molecule has 0 amide bonds. The van der Waals surface area contributed by atoms with Crippen LogP contribution in [0.25, 0.3) is 0 Å². The molecule has 106 valence electrons. The monoisotopic (exact) mass is 303 g/mol. The minimum Gasteiger partial charge on any atom is -0.497 e. The fourth-order valence-electron chi connectivity index (χ4n) is 1.69. The van der Waals surface area contributed by atoms with E-state index in [9.17, 15) is 9.90 Å². The maximum atomic E-state index is 11.3. The van der Waals surface area contributed by atoms with Gasteiger partial charge in [0, 0.05) is 5.02 Å². The van der Waals surface area contributed by atoms with E-state index >= 15 is 0 Å². The summed E-state index contributed by atoms with van der Waals surface area (Å²) in [6.07, 6.45) is 0. The molecule has 2 rings (SSSR count). The molecule has 0 heterocycles. The third-order valence-corrected chi connectivity index (χ3v) is 2.93. The van der Waals surface area contributed by atoms with Gasteiger partial charge in [0.05, 0.1) is 12.7 Å². The van der Waals surface area contributed by atoms with E-state index in [1.807, 2.05) is 6.07 Å². The molecular weight excluding hydrogens is 294 g/mol. The van der Waals surface area contributed by atoms with Crippen LogP contribution in [0.1, 0.15) is 15.9 Å². The molecule has 2 aromatic carbocycles. The zero-order valence-corrected chi connectivity index (χ0v) is 11.7. The van der Waals surface area contributed by atoms with Crippen LogP contribution in [-0.2, 0) is 0 Å². The van der Waals surface area contributed by atoms with Crippen LogP contribution in [0.3, 0.4) is 0 Å². The average molecular weight is 304 g/mol. The van der Waals surface area contributed by atoms with E-state index in [2.05, 4.69) is 0 Å². The highest BCUT2D eigenvalue weighted by atomic mass is 35.5. The van der Waals surface area contributed by atoms with Crippen molar-refractivity contribution >= 4 is 17.6 Å². The summed E-state index contributed by atoms with van der Waals surface area (Å²) in [6, 6.07) is 10.8. The molecule has 5 nitrogen and oxygen atoms in total. The van der Waals surface area contributed by atoms with Crippen molar-refractivity contribution in [3.63, 3.8) is 0 Å². The van der Waals surface area contributed by atoms with Crippen LogP contribution >= 0.6 is 11.6 Å². The Labute approximate surface area is 125 Å². The molecule has 0 bridgehead atoms. The van der Waals surface area contributed by atoms with Gasteiger partial charge in [0.1, 0.15) is 28.9 Å². The summed E-state index contributed by atoms with van der Waals surface area (Å²) >= 11 is 5.80. The van der Waals surface area contributed by atoms with Crippen molar-refractivity contribution in [2.75, 3.05) is 7.11 Å². The molecule has 21 heavy (non-hydrogen) atoms. The minimum atomic E-state index is -1.16. The van der Waals surface area contributed by atoms with E-state index in [1.54, 1.807) is 12.1 Å². The van der Waals surface area contributed by atoms with Crippen LogP contribution < -0.4 is 9.47 Å². The quantitative estimate of drug-likeness (QED) is 0.931. The Morgan fingerprint density at radius 2 is 1.95 bits per heavy atom. The summed E-state index contributed by atoms with van der Waals surface area (Å²) in [6.45, 7) is 0. The summed E-state index contributed by atoms with van der Waals surface area (Å²) in [5.74, 6) is -0.413. The first-order valence-electron chi connectivity index (χ1n) is 5.84. The number of carboxylic acids is 1. The SMILES string of the molecule is COc1ccc(Oc2ccc(Cl)cc2C#N)c(C(=O)O)c1. The Balaban J connectivity index is 2.45. The van der Waals surface area contributed by atoms with Crippen molar-refractivity contribution in [1.29, 1.82) is 5.26 Å². The molecule has 1 N–H and O–H groups in total. The summed E-state index contributed by atoms with van der Waals surface area (Å²) in [5, 5.41) is 18.7. The Hall–Kier alpha value is -2.71. The van der Waals surface area contributed by atoms with Crippen molar-refractivity contribution in [2.45, 2.75) is 0 Å². The molecule has 0 fully saturated rings. The highest BCUT2D eigenvalue weighted by Crippen LogP contribution is 2.31. The molecule has 0 atom stereocenters. The van der Waals surface area contributed by atoms with Gasteiger partial charge >= 0.3 is 5.97 Å². The van der Waals surface area contributed by atoms with Gasteiger partial charge in [0.2, 0.25) is 0 Å². The van der Waals surface area contributed by atoms with Crippen LogP contribution in [0.4, 0.5) is 0 Å². The van der Waals surface area contributed by atoms with Gasteiger partial charge in [-0.1, -0.05) is 11.6 Å². The fourth-order valence-corrected chi connectivity index (χ4v) is 1.86. The van der Waals surface area contributed by atoms with Gasteiger partial charge in [-0.15, -0.1) is 0 Å². The molecule has 0 saturated heterocycles. The predicted octanol–water partition coefficient (Wildman–Crippen LogP) is 3.71. The first-order valence-corrected chi connectivity index (χ1v) is 6.21. The number of carbonyl (C=O) groups is 1. The Morgan fingerprint density at radius 3 is 2.57 bits per heavy atom. The molecule has 0 unspecified atom stereocenters. The maximum absolute atomic E-state index is 11.3. The summed E-state index contributed by atoms with van der Waals surface area (Å²) in [7, 11) is 1.44. The molecule has 0 aliphatic heterocycles. The number of benzene rings is 2. The van der Waals surface area contributed by atoms with E-state index < -0.39 is 5.97 Å². The molecule has 0 aliphatic rings. The average Bonchev–Trinajstić information content (AvgIpc) is 2.49. The van der Waals surface area contributed by atoms with Gasteiger partial charge < -0.3 is 14.6 Å². The molecule has 2 aromatic rings. The molecule has 0 radical (unpaired) electrons. The number of hydrogen-bond acceptors (Lipinski definition) is 4. The zero-order valence-electron chi connectivity index (χ0n) is 11.0. The predicted molar refractivity (Wildman–Crippen MR) is 76.2 cm³/mol. The lowest BCUT2D eigenvalue weighted by molar-refractivity contribution is 0.0693. The number of halogens is 1. The lowest BCUT2D eigenvalue weighted by Crippen LogP contribution is -2.01. The van der Waals surface area contributed by atoms with Crippen molar-refractivity contribution in [3.05, 3.63) is 52.5 Å². The molecule has 0 spiro atoms. The van der Waals surface area contributed by atoms with Crippen LogP contribution in [0, 0.1) is 11.3 Å².